The van der Waals surface area contributed by atoms with Crippen molar-refractivity contribution in [1.29, 1.82) is 0 Å². The predicted octanol–water partition coefficient (Wildman–Crippen LogP) is 1.23. The van der Waals surface area contributed by atoms with Gasteiger partial charge in [0.1, 0.15) is 0 Å². The summed E-state index contributed by atoms with van der Waals surface area (Å²) in [6, 6.07) is -0.391. The van der Waals surface area contributed by atoms with Crippen LogP contribution < -0.4 is 0 Å². The molecule has 0 bridgehead atoms. The highest BCUT2D eigenvalue weighted by Gasteiger charge is 2.49. The molecular weight excluding hydrogens is 180 g/mol. The fraction of sp³-hybridized carbons (Fsp3) is 0.600. The molecule has 0 aromatic rings. The first-order valence-corrected chi connectivity index (χ1v) is 4.57. The summed E-state index contributed by atoms with van der Waals surface area (Å²) in [6.45, 7) is 9.12. The van der Waals surface area contributed by atoms with Crippen molar-refractivity contribution in [3.05, 3.63) is 12.7 Å². The zero-order valence-electron chi connectivity index (χ0n) is 9.07. The predicted molar refractivity (Wildman–Crippen MR) is 53.7 cm³/mol. The van der Waals surface area contributed by atoms with Gasteiger partial charge in [0.2, 0.25) is 0 Å². The van der Waals surface area contributed by atoms with Crippen LogP contribution in [0.1, 0.15) is 20.8 Å². The molecule has 0 aromatic carbocycles. The molecule has 0 aromatic heterocycles. The number of carbonyl (C=O) groups is 2. The van der Waals surface area contributed by atoms with E-state index in [-0.39, 0.29) is 23.5 Å². The molecule has 1 unspecified atom stereocenters. The third kappa shape index (κ3) is 1.22. The molecule has 78 valence electrons. The van der Waals surface area contributed by atoms with E-state index in [0.29, 0.717) is 0 Å². The standard InChI is InChI=1S/C10H16N2O2/c1-6-8(13)12-7(2)10(3,4)11(5)9(12)14/h6-7H,1H2,2-5H3. The smallest absolute Gasteiger partial charge is 0.320 e. The molecule has 0 radical (unpaired) electrons. The van der Waals surface area contributed by atoms with E-state index in [1.165, 1.54) is 11.0 Å². The Morgan fingerprint density at radius 2 is 2.07 bits per heavy atom. The van der Waals surface area contributed by atoms with E-state index in [9.17, 15) is 9.59 Å². The number of likely N-dealkylation sites (N-methyl/N-ethyl adjacent to an activating group) is 1. The fourth-order valence-corrected chi connectivity index (χ4v) is 1.55. The molecule has 0 saturated carbocycles. The summed E-state index contributed by atoms with van der Waals surface area (Å²) < 4.78 is 0. The van der Waals surface area contributed by atoms with Crippen molar-refractivity contribution in [1.82, 2.24) is 9.80 Å². The van der Waals surface area contributed by atoms with Crippen molar-refractivity contribution in [2.45, 2.75) is 32.4 Å². The van der Waals surface area contributed by atoms with Crippen LogP contribution in [0.4, 0.5) is 4.79 Å². The monoisotopic (exact) mass is 196 g/mol. The molecule has 0 spiro atoms. The molecule has 1 saturated heterocycles. The van der Waals surface area contributed by atoms with Crippen molar-refractivity contribution in [3.8, 4) is 0 Å². The van der Waals surface area contributed by atoms with E-state index in [0.717, 1.165) is 0 Å². The summed E-state index contributed by atoms with van der Waals surface area (Å²) in [5, 5.41) is 0. The van der Waals surface area contributed by atoms with Crippen LogP contribution in [0.3, 0.4) is 0 Å². The molecule has 1 aliphatic rings. The molecule has 1 fully saturated rings. The third-order valence-electron chi connectivity index (χ3n) is 3.18. The number of imide groups is 1. The van der Waals surface area contributed by atoms with Gasteiger partial charge in [0, 0.05) is 7.05 Å². The van der Waals surface area contributed by atoms with Crippen molar-refractivity contribution < 1.29 is 9.59 Å². The molecule has 14 heavy (non-hydrogen) atoms. The molecule has 0 aliphatic carbocycles. The van der Waals surface area contributed by atoms with Crippen LogP contribution in [-0.4, -0.2) is 40.4 Å². The lowest BCUT2D eigenvalue weighted by atomic mass is 9.96. The number of carbonyl (C=O) groups excluding carboxylic acids is 2. The second kappa shape index (κ2) is 3.12. The van der Waals surface area contributed by atoms with E-state index in [2.05, 4.69) is 6.58 Å². The van der Waals surface area contributed by atoms with Crippen LogP contribution in [0.15, 0.2) is 12.7 Å². The van der Waals surface area contributed by atoms with Crippen LogP contribution in [0.2, 0.25) is 0 Å². The lowest BCUT2D eigenvalue weighted by molar-refractivity contribution is -0.124. The zero-order chi connectivity index (χ0) is 11.1. The average molecular weight is 196 g/mol. The van der Waals surface area contributed by atoms with Gasteiger partial charge in [-0.2, -0.15) is 0 Å². The molecular formula is C10H16N2O2. The fourth-order valence-electron chi connectivity index (χ4n) is 1.55. The van der Waals surface area contributed by atoms with E-state index >= 15 is 0 Å². The lowest BCUT2D eigenvalue weighted by Crippen LogP contribution is -2.44. The maximum atomic E-state index is 11.7. The first-order valence-electron chi connectivity index (χ1n) is 4.57. The van der Waals surface area contributed by atoms with Crippen molar-refractivity contribution in [2.24, 2.45) is 0 Å². The van der Waals surface area contributed by atoms with Crippen LogP contribution in [0.25, 0.3) is 0 Å². The minimum Gasteiger partial charge on any atom is -0.320 e. The van der Waals surface area contributed by atoms with E-state index in [4.69, 9.17) is 0 Å². The molecule has 4 nitrogen and oxygen atoms in total. The van der Waals surface area contributed by atoms with Crippen LogP contribution in [-0.2, 0) is 4.79 Å². The Kier molecular flexibility index (Phi) is 2.39. The number of urea groups is 1. The summed E-state index contributed by atoms with van der Waals surface area (Å²) in [6.07, 6.45) is 1.17. The van der Waals surface area contributed by atoms with Crippen molar-refractivity contribution in [3.63, 3.8) is 0 Å². The number of amides is 3. The third-order valence-corrected chi connectivity index (χ3v) is 3.18. The second-order valence-corrected chi connectivity index (χ2v) is 4.08. The van der Waals surface area contributed by atoms with E-state index < -0.39 is 0 Å². The normalized spacial score (nSPS) is 25.4. The van der Waals surface area contributed by atoms with Crippen LogP contribution in [0.5, 0.6) is 0 Å². The van der Waals surface area contributed by atoms with Gasteiger partial charge in [-0.1, -0.05) is 6.58 Å². The van der Waals surface area contributed by atoms with E-state index in [1.54, 1.807) is 11.9 Å². The number of nitrogens with zero attached hydrogens (tertiary/aromatic N) is 2. The Morgan fingerprint density at radius 1 is 1.57 bits per heavy atom. The van der Waals surface area contributed by atoms with Crippen LogP contribution >= 0.6 is 0 Å². The summed E-state index contributed by atoms with van der Waals surface area (Å²) >= 11 is 0. The van der Waals surface area contributed by atoms with Gasteiger partial charge in [0.25, 0.3) is 5.91 Å². The van der Waals surface area contributed by atoms with Gasteiger partial charge in [0.05, 0.1) is 11.6 Å². The quantitative estimate of drug-likeness (QED) is 0.592. The summed E-state index contributed by atoms with van der Waals surface area (Å²) in [5.74, 6) is -0.333. The van der Waals surface area contributed by atoms with Gasteiger partial charge in [-0.3, -0.25) is 9.69 Å². The minimum absolute atomic E-state index is 0.134. The highest BCUT2D eigenvalue weighted by molar-refractivity contribution is 6.02. The first kappa shape index (κ1) is 10.8. The Balaban J connectivity index is 3.07. The molecule has 3 amide bonds. The Labute approximate surface area is 84.2 Å². The van der Waals surface area contributed by atoms with Crippen LogP contribution in [0, 0.1) is 0 Å². The Morgan fingerprint density at radius 3 is 2.36 bits per heavy atom. The lowest BCUT2D eigenvalue weighted by Gasteiger charge is -2.29. The number of rotatable bonds is 1. The van der Waals surface area contributed by atoms with Gasteiger partial charge in [-0.05, 0) is 26.8 Å². The highest BCUT2D eigenvalue weighted by Crippen LogP contribution is 2.30. The topological polar surface area (TPSA) is 40.6 Å². The highest BCUT2D eigenvalue weighted by atomic mass is 16.2. The summed E-state index contributed by atoms with van der Waals surface area (Å²) in [5.41, 5.74) is -0.324. The maximum absolute atomic E-state index is 11.7. The van der Waals surface area contributed by atoms with Gasteiger partial charge in [-0.15, -0.1) is 0 Å². The number of hydrogen-bond donors (Lipinski definition) is 0. The van der Waals surface area contributed by atoms with E-state index in [1.807, 2.05) is 20.8 Å². The molecule has 1 aliphatic heterocycles. The molecule has 1 heterocycles. The minimum atomic E-state index is -0.333. The Bertz CT molecular complexity index is 296. The maximum Gasteiger partial charge on any atom is 0.327 e. The van der Waals surface area contributed by atoms with Gasteiger partial charge >= 0.3 is 6.03 Å². The zero-order valence-corrected chi connectivity index (χ0v) is 9.07. The van der Waals surface area contributed by atoms with Crippen molar-refractivity contribution in [2.75, 3.05) is 7.05 Å². The molecule has 0 N–H and O–H groups in total. The van der Waals surface area contributed by atoms with Gasteiger partial charge in [0.15, 0.2) is 0 Å². The largest absolute Gasteiger partial charge is 0.327 e. The number of hydrogen-bond acceptors (Lipinski definition) is 2. The first-order chi connectivity index (χ1) is 6.34. The second-order valence-electron chi connectivity index (χ2n) is 4.08. The molecule has 1 rings (SSSR count). The summed E-state index contributed by atoms with van der Waals surface area (Å²) in [4.78, 5) is 26.0. The van der Waals surface area contributed by atoms with Gasteiger partial charge in [-0.25, -0.2) is 4.79 Å². The SMILES string of the molecule is C=CC(=O)N1C(=O)N(C)C(C)(C)C1C. The van der Waals surface area contributed by atoms with Gasteiger partial charge < -0.3 is 4.90 Å². The summed E-state index contributed by atoms with van der Waals surface area (Å²) in [7, 11) is 1.70. The molecule has 1 atom stereocenters. The molecule has 4 heteroatoms. The van der Waals surface area contributed by atoms with Crippen molar-refractivity contribution >= 4 is 11.9 Å². The average Bonchev–Trinajstić information content (AvgIpc) is 2.28. The Hall–Kier alpha value is -1.32.